The Labute approximate surface area is 86.0 Å². The molecule has 0 spiro atoms. The molecule has 0 aromatic carbocycles. The van der Waals surface area contributed by atoms with Gasteiger partial charge in [0.15, 0.2) is 0 Å². The van der Waals surface area contributed by atoms with Crippen LogP contribution in [0.15, 0.2) is 11.8 Å². The highest BCUT2D eigenvalue weighted by molar-refractivity contribution is 5.06. The Morgan fingerprint density at radius 1 is 1.57 bits per heavy atom. The molecule has 2 aliphatic rings. The number of aliphatic hydroxyl groups is 1. The molecule has 80 valence electrons. The summed E-state index contributed by atoms with van der Waals surface area (Å²) in [7, 11) is 0. The fourth-order valence-corrected chi connectivity index (χ4v) is 2.65. The number of hydrogen-bond donors (Lipinski definition) is 1. The van der Waals surface area contributed by atoms with Gasteiger partial charge in [0.05, 0.1) is 6.61 Å². The first-order valence-corrected chi connectivity index (χ1v) is 5.82. The second kappa shape index (κ2) is 4.35. The van der Waals surface area contributed by atoms with Gasteiger partial charge in [0.1, 0.15) is 11.9 Å². The highest BCUT2D eigenvalue weighted by Gasteiger charge is 2.32. The molecule has 1 aliphatic heterocycles. The molecular weight excluding hydrogens is 176 g/mol. The highest BCUT2D eigenvalue weighted by Crippen LogP contribution is 2.37. The summed E-state index contributed by atoms with van der Waals surface area (Å²) in [6.45, 7) is 3.00. The van der Waals surface area contributed by atoms with Crippen molar-refractivity contribution in [2.75, 3.05) is 6.61 Å². The zero-order chi connectivity index (χ0) is 9.97. The second-order valence-electron chi connectivity index (χ2n) is 4.54. The molecule has 0 saturated heterocycles. The van der Waals surface area contributed by atoms with Gasteiger partial charge < -0.3 is 9.84 Å². The van der Waals surface area contributed by atoms with Crippen LogP contribution in [0.5, 0.6) is 0 Å². The molecule has 2 nitrogen and oxygen atoms in total. The van der Waals surface area contributed by atoms with Crippen molar-refractivity contribution in [1.82, 2.24) is 0 Å². The van der Waals surface area contributed by atoms with Crippen molar-refractivity contribution < 1.29 is 9.84 Å². The summed E-state index contributed by atoms with van der Waals surface area (Å²) < 4.78 is 5.41. The van der Waals surface area contributed by atoms with Crippen LogP contribution in [0, 0.1) is 11.8 Å². The van der Waals surface area contributed by atoms with E-state index < -0.39 is 0 Å². The topological polar surface area (TPSA) is 29.5 Å². The van der Waals surface area contributed by atoms with Crippen LogP contribution in [0.25, 0.3) is 0 Å². The summed E-state index contributed by atoms with van der Waals surface area (Å²) in [5.74, 6) is 2.12. The van der Waals surface area contributed by atoms with Crippen molar-refractivity contribution in [3.63, 3.8) is 0 Å². The largest absolute Gasteiger partial charge is 0.495 e. The van der Waals surface area contributed by atoms with Crippen molar-refractivity contribution in [3.05, 3.63) is 11.8 Å². The molecule has 2 heteroatoms. The third kappa shape index (κ3) is 1.95. The molecule has 0 radical (unpaired) electrons. The standard InChI is InChI=1S/C12H20O2/c1-2-9-5-6-10(8-9)12(13)11-4-3-7-14-11/h4,9-10,12-13H,2-3,5-8H2,1H3. The van der Waals surface area contributed by atoms with Crippen molar-refractivity contribution in [1.29, 1.82) is 0 Å². The van der Waals surface area contributed by atoms with Crippen LogP contribution < -0.4 is 0 Å². The fraction of sp³-hybridized carbons (Fsp3) is 0.833. The van der Waals surface area contributed by atoms with E-state index in [-0.39, 0.29) is 6.10 Å². The molecule has 0 aromatic heterocycles. The molecule has 1 N–H and O–H groups in total. The average Bonchev–Trinajstić information content (AvgIpc) is 2.88. The Balaban J connectivity index is 1.89. The average molecular weight is 196 g/mol. The molecule has 0 bridgehead atoms. The molecule has 14 heavy (non-hydrogen) atoms. The van der Waals surface area contributed by atoms with E-state index in [1.807, 2.05) is 6.08 Å². The zero-order valence-corrected chi connectivity index (χ0v) is 8.91. The lowest BCUT2D eigenvalue weighted by Gasteiger charge is -2.19. The van der Waals surface area contributed by atoms with Crippen LogP contribution in [0.3, 0.4) is 0 Å². The summed E-state index contributed by atoms with van der Waals surface area (Å²) in [6.07, 6.45) is 7.57. The number of rotatable bonds is 3. The first-order valence-electron chi connectivity index (χ1n) is 5.82. The molecule has 1 fully saturated rings. The number of aliphatic hydroxyl groups excluding tert-OH is 1. The zero-order valence-electron chi connectivity index (χ0n) is 8.91. The van der Waals surface area contributed by atoms with E-state index in [4.69, 9.17) is 4.74 Å². The summed E-state index contributed by atoms with van der Waals surface area (Å²) in [6, 6.07) is 0. The maximum atomic E-state index is 10.1. The molecule has 2 rings (SSSR count). The molecule has 3 atom stereocenters. The monoisotopic (exact) mass is 196 g/mol. The van der Waals surface area contributed by atoms with Gasteiger partial charge in [-0.25, -0.2) is 0 Å². The molecule has 1 heterocycles. The number of hydrogen-bond acceptors (Lipinski definition) is 2. The maximum Gasteiger partial charge on any atom is 0.121 e. The third-order valence-electron chi connectivity index (χ3n) is 3.63. The van der Waals surface area contributed by atoms with Gasteiger partial charge in [0.25, 0.3) is 0 Å². The van der Waals surface area contributed by atoms with Gasteiger partial charge >= 0.3 is 0 Å². The minimum atomic E-state index is -0.325. The Hall–Kier alpha value is -0.500. The minimum Gasteiger partial charge on any atom is -0.495 e. The van der Waals surface area contributed by atoms with Crippen LogP contribution in [0.2, 0.25) is 0 Å². The van der Waals surface area contributed by atoms with Crippen LogP contribution in [-0.2, 0) is 4.74 Å². The summed E-state index contributed by atoms with van der Waals surface area (Å²) in [5, 5.41) is 10.1. The van der Waals surface area contributed by atoms with E-state index in [2.05, 4.69) is 6.92 Å². The normalized spacial score (nSPS) is 34.0. The van der Waals surface area contributed by atoms with E-state index in [1.54, 1.807) is 0 Å². The predicted octanol–water partition coefficient (Wildman–Crippen LogP) is 2.48. The molecule has 0 amide bonds. The number of ether oxygens (including phenoxy) is 1. The molecule has 1 saturated carbocycles. The van der Waals surface area contributed by atoms with Crippen LogP contribution in [0.4, 0.5) is 0 Å². The van der Waals surface area contributed by atoms with Gasteiger partial charge in [-0.3, -0.25) is 0 Å². The van der Waals surface area contributed by atoms with Gasteiger partial charge in [-0.15, -0.1) is 0 Å². The Bertz CT molecular complexity index is 222. The van der Waals surface area contributed by atoms with Crippen LogP contribution in [0.1, 0.15) is 39.0 Å². The van der Waals surface area contributed by atoms with E-state index in [0.717, 1.165) is 24.7 Å². The van der Waals surface area contributed by atoms with Gasteiger partial charge in [-0.1, -0.05) is 19.8 Å². The first-order chi connectivity index (χ1) is 6.81. The lowest BCUT2D eigenvalue weighted by Crippen LogP contribution is -2.21. The third-order valence-corrected chi connectivity index (χ3v) is 3.63. The van der Waals surface area contributed by atoms with Crippen molar-refractivity contribution >= 4 is 0 Å². The van der Waals surface area contributed by atoms with E-state index in [0.29, 0.717) is 5.92 Å². The fourth-order valence-electron chi connectivity index (χ4n) is 2.65. The van der Waals surface area contributed by atoms with Gasteiger partial charge in [-0.2, -0.15) is 0 Å². The SMILES string of the molecule is CCC1CCC(C(O)C2=CCCO2)C1. The molecule has 0 aromatic rings. The van der Waals surface area contributed by atoms with Crippen molar-refractivity contribution in [2.24, 2.45) is 11.8 Å². The predicted molar refractivity (Wildman–Crippen MR) is 55.8 cm³/mol. The van der Waals surface area contributed by atoms with Crippen molar-refractivity contribution in [2.45, 2.75) is 45.1 Å². The van der Waals surface area contributed by atoms with Crippen LogP contribution >= 0.6 is 0 Å². The summed E-state index contributed by atoms with van der Waals surface area (Å²) in [4.78, 5) is 0. The Morgan fingerprint density at radius 2 is 2.43 bits per heavy atom. The van der Waals surface area contributed by atoms with E-state index in [9.17, 15) is 5.11 Å². The van der Waals surface area contributed by atoms with Crippen LogP contribution in [-0.4, -0.2) is 17.8 Å². The first kappa shape index (κ1) is 10.0. The Morgan fingerprint density at radius 3 is 3.00 bits per heavy atom. The smallest absolute Gasteiger partial charge is 0.121 e. The van der Waals surface area contributed by atoms with Crippen molar-refractivity contribution in [3.8, 4) is 0 Å². The molecule has 3 unspecified atom stereocenters. The summed E-state index contributed by atoms with van der Waals surface area (Å²) >= 11 is 0. The minimum absolute atomic E-state index is 0.325. The lowest BCUT2D eigenvalue weighted by atomic mass is 9.96. The maximum absolute atomic E-state index is 10.1. The van der Waals surface area contributed by atoms with E-state index >= 15 is 0 Å². The Kier molecular flexibility index (Phi) is 3.12. The quantitative estimate of drug-likeness (QED) is 0.751. The van der Waals surface area contributed by atoms with E-state index in [1.165, 1.54) is 25.7 Å². The van der Waals surface area contributed by atoms with Gasteiger partial charge in [-0.05, 0) is 30.8 Å². The molecular formula is C12H20O2. The second-order valence-corrected chi connectivity index (χ2v) is 4.54. The van der Waals surface area contributed by atoms with Gasteiger partial charge in [0, 0.05) is 6.42 Å². The highest BCUT2D eigenvalue weighted by atomic mass is 16.5. The lowest BCUT2D eigenvalue weighted by molar-refractivity contribution is 0.0747. The molecule has 1 aliphatic carbocycles. The summed E-state index contributed by atoms with van der Waals surface area (Å²) in [5.41, 5.74) is 0. The van der Waals surface area contributed by atoms with Gasteiger partial charge in [0.2, 0.25) is 0 Å².